The number of para-hydroxylation sites is 1. The largest absolute Gasteiger partial charge is 0.493 e. The number of rotatable bonds is 6. The Morgan fingerprint density at radius 2 is 2.10 bits per heavy atom. The summed E-state index contributed by atoms with van der Waals surface area (Å²) in [5, 5.41) is 13.7. The van der Waals surface area contributed by atoms with Crippen LogP contribution < -0.4 is 4.74 Å². The average Bonchev–Trinajstić information content (AvgIpc) is 2.89. The molecule has 6 heteroatoms. The summed E-state index contributed by atoms with van der Waals surface area (Å²) in [4.78, 5) is 0. The highest BCUT2D eigenvalue weighted by atomic mass is 32.2. The molecule has 0 N–H and O–H groups in total. The molecule has 5 nitrogen and oxygen atoms in total. The van der Waals surface area contributed by atoms with Crippen molar-refractivity contribution in [3.05, 3.63) is 35.7 Å². The van der Waals surface area contributed by atoms with E-state index in [9.17, 15) is 0 Å². The molecule has 0 aliphatic rings. The van der Waals surface area contributed by atoms with Crippen molar-refractivity contribution in [2.45, 2.75) is 31.8 Å². The van der Waals surface area contributed by atoms with Crippen molar-refractivity contribution in [3.63, 3.8) is 0 Å². The highest BCUT2D eigenvalue weighted by Crippen LogP contribution is 2.20. The van der Waals surface area contributed by atoms with Crippen LogP contribution in [0.5, 0.6) is 5.75 Å². The Labute approximate surface area is 129 Å². The van der Waals surface area contributed by atoms with Gasteiger partial charge in [-0.2, -0.15) is 9.78 Å². The summed E-state index contributed by atoms with van der Waals surface area (Å²) >= 11 is 1.53. The normalized spacial score (nSPS) is 11.5. The number of benzene rings is 1. The average molecular weight is 304 g/mol. The first-order valence-electron chi connectivity index (χ1n) is 6.92. The van der Waals surface area contributed by atoms with Gasteiger partial charge in [0, 0.05) is 11.5 Å². The Bertz CT molecular complexity index is 622. The van der Waals surface area contributed by atoms with E-state index in [2.05, 4.69) is 29.1 Å². The Morgan fingerprint density at radius 3 is 2.76 bits per heavy atom. The number of hydrogen-bond acceptors (Lipinski definition) is 5. The van der Waals surface area contributed by atoms with Crippen LogP contribution in [0.15, 0.2) is 34.5 Å². The van der Waals surface area contributed by atoms with Gasteiger partial charge >= 0.3 is 0 Å². The minimum atomic E-state index is 0.262. The Hall–Kier alpha value is -1.82. The van der Waals surface area contributed by atoms with Gasteiger partial charge in [0.15, 0.2) is 5.82 Å². The molecule has 0 saturated carbocycles. The molecule has 1 aromatic carbocycles. The third-order valence-corrected chi connectivity index (χ3v) is 3.49. The van der Waals surface area contributed by atoms with Crippen molar-refractivity contribution < 1.29 is 4.74 Å². The molecule has 0 radical (unpaired) electrons. The second kappa shape index (κ2) is 7.26. The van der Waals surface area contributed by atoms with Crippen molar-refractivity contribution in [3.8, 4) is 5.75 Å². The zero-order chi connectivity index (χ0) is 15.2. The van der Waals surface area contributed by atoms with Gasteiger partial charge in [0.05, 0.1) is 12.8 Å². The fourth-order valence-electron chi connectivity index (χ4n) is 1.87. The summed E-state index contributed by atoms with van der Waals surface area (Å²) in [6.45, 7) is 6.75. The van der Waals surface area contributed by atoms with Gasteiger partial charge in [0.25, 0.3) is 0 Å². The van der Waals surface area contributed by atoms with Gasteiger partial charge in [-0.1, -0.05) is 37.7 Å². The third kappa shape index (κ3) is 3.64. The summed E-state index contributed by atoms with van der Waals surface area (Å²) < 4.78 is 7.39. The maximum Gasteiger partial charge on any atom is 0.211 e. The molecule has 112 valence electrons. The zero-order valence-corrected chi connectivity index (χ0v) is 13.6. The van der Waals surface area contributed by atoms with Crippen LogP contribution in [0.25, 0.3) is 0 Å². The number of nitrogens with zero attached hydrogens (tertiary/aromatic N) is 4. The lowest BCUT2D eigenvalue weighted by Gasteiger charge is -2.07. The monoisotopic (exact) mass is 304 g/mol. The molecule has 21 heavy (non-hydrogen) atoms. The summed E-state index contributed by atoms with van der Waals surface area (Å²) in [6.07, 6.45) is 3.76. The van der Waals surface area contributed by atoms with Gasteiger partial charge < -0.3 is 4.74 Å². The second-order valence-electron chi connectivity index (χ2n) is 4.73. The predicted octanol–water partition coefficient (Wildman–Crippen LogP) is 3.40. The molecule has 0 spiro atoms. The van der Waals surface area contributed by atoms with E-state index in [1.54, 1.807) is 10.9 Å². The number of thioether (sulfide) groups is 1. The minimum absolute atomic E-state index is 0.262. The van der Waals surface area contributed by atoms with Crippen LogP contribution in [0, 0.1) is 0 Å². The van der Waals surface area contributed by atoms with Crippen LogP contribution >= 0.6 is 11.8 Å². The van der Waals surface area contributed by atoms with Gasteiger partial charge in [0.2, 0.25) is 5.16 Å². The Kier molecular flexibility index (Phi) is 5.38. The van der Waals surface area contributed by atoms with Gasteiger partial charge in [-0.15, -0.1) is 10.2 Å². The molecule has 2 rings (SSSR count). The molecule has 0 atom stereocenters. The Morgan fingerprint density at radius 1 is 1.33 bits per heavy atom. The molecule has 0 amide bonds. The highest BCUT2D eigenvalue weighted by molar-refractivity contribution is 7.98. The summed E-state index contributed by atoms with van der Waals surface area (Å²) in [5.41, 5.74) is 0.940. The van der Waals surface area contributed by atoms with E-state index in [-0.39, 0.29) is 5.92 Å². The van der Waals surface area contributed by atoms with Crippen molar-refractivity contribution in [1.82, 2.24) is 14.9 Å². The standard InChI is InChI=1S/C15H20N4OS/c1-5-20-13-9-7-6-8-12(13)10-16-19-14(11(2)3)17-18-15(19)21-4/h6-11H,5H2,1-4H3/b16-10-. The molecule has 0 aliphatic carbocycles. The molecule has 1 aromatic heterocycles. The number of aromatic nitrogens is 3. The SMILES string of the molecule is CCOc1ccccc1/C=N\n1c(SC)nnc1C(C)C. The van der Waals surface area contributed by atoms with Crippen LogP contribution in [-0.2, 0) is 0 Å². The lowest BCUT2D eigenvalue weighted by Crippen LogP contribution is -2.02. The lowest BCUT2D eigenvalue weighted by atomic mass is 10.2. The quantitative estimate of drug-likeness (QED) is 0.606. The van der Waals surface area contributed by atoms with Crippen LogP contribution in [0.3, 0.4) is 0 Å². The molecular formula is C15H20N4OS. The first kappa shape index (κ1) is 15.6. The zero-order valence-electron chi connectivity index (χ0n) is 12.8. The van der Waals surface area contributed by atoms with Crippen LogP contribution in [-0.4, -0.2) is 34.0 Å². The predicted molar refractivity (Wildman–Crippen MR) is 86.5 cm³/mol. The van der Waals surface area contributed by atoms with Crippen molar-refractivity contribution in [1.29, 1.82) is 0 Å². The van der Waals surface area contributed by atoms with E-state index in [4.69, 9.17) is 4.74 Å². The fourth-order valence-corrected chi connectivity index (χ4v) is 2.30. The van der Waals surface area contributed by atoms with Crippen molar-refractivity contribution in [2.75, 3.05) is 12.9 Å². The maximum absolute atomic E-state index is 5.60. The van der Waals surface area contributed by atoms with E-state index in [0.29, 0.717) is 6.61 Å². The van der Waals surface area contributed by atoms with Crippen LogP contribution in [0.1, 0.15) is 38.1 Å². The van der Waals surface area contributed by atoms with Gasteiger partial charge in [-0.05, 0) is 25.3 Å². The van der Waals surface area contributed by atoms with E-state index in [0.717, 1.165) is 22.3 Å². The van der Waals surface area contributed by atoms with Gasteiger partial charge in [-0.25, -0.2) is 0 Å². The topological polar surface area (TPSA) is 52.3 Å². The van der Waals surface area contributed by atoms with E-state index in [1.807, 2.05) is 37.4 Å². The van der Waals surface area contributed by atoms with E-state index < -0.39 is 0 Å². The van der Waals surface area contributed by atoms with Crippen molar-refractivity contribution in [2.24, 2.45) is 5.10 Å². The summed E-state index contributed by atoms with van der Waals surface area (Å²) in [7, 11) is 0. The smallest absolute Gasteiger partial charge is 0.211 e. The maximum atomic E-state index is 5.60. The van der Waals surface area contributed by atoms with Gasteiger partial charge in [0.1, 0.15) is 5.75 Å². The summed E-state index contributed by atoms with van der Waals surface area (Å²) in [6, 6.07) is 7.84. The third-order valence-electron chi connectivity index (χ3n) is 2.87. The molecule has 2 aromatic rings. The van der Waals surface area contributed by atoms with Gasteiger partial charge in [-0.3, -0.25) is 0 Å². The van der Waals surface area contributed by atoms with Crippen LogP contribution in [0.4, 0.5) is 0 Å². The molecule has 0 unspecified atom stereocenters. The first-order valence-corrected chi connectivity index (χ1v) is 8.15. The molecular weight excluding hydrogens is 284 g/mol. The molecule has 0 saturated heterocycles. The molecule has 0 bridgehead atoms. The van der Waals surface area contributed by atoms with Crippen LogP contribution in [0.2, 0.25) is 0 Å². The second-order valence-corrected chi connectivity index (χ2v) is 5.50. The fraction of sp³-hybridized carbons (Fsp3) is 0.400. The highest BCUT2D eigenvalue weighted by Gasteiger charge is 2.13. The number of hydrogen-bond donors (Lipinski definition) is 0. The lowest BCUT2D eigenvalue weighted by molar-refractivity contribution is 0.340. The van der Waals surface area contributed by atoms with Crippen molar-refractivity contribution >= 4 is 18.0 Å². The van der Waals surface area contributed by atoms with E-state index >= 15 is 0 Å². The molecule has 0 fully saturated rings. The molecule has 0 aliphatic heterocycles. The molecule has 1 heterocycles. The first-order chi connectivity index (χ1) is 10.2. The number of ether oxygens (including phenoxy) is 1. The summed E-state index contributed by atoms with van der Waals surface area (Å²) in [5.74, 6) is 1.94. The Balaban J connectivity index is 2.35. The minimum Gasteiger partial charge on any atom is -0.493 e. The van der Waals surface area contributed by atoms with E-state index in [1.165, 1.54) is 11.8 Å².